The first-order valence-electron chi connectivity index (χ1n) is 6.31. The topological polar surface area (TPSA) is 37.8 Å². The number of aryl methyl sites for hydroxylation is 1. The van der Waals surface area contributed by atoms with Crippen molar-refractivity contribution in [3.63, 3.8) is 0 Å². The Labute approximate surface area is 112 Å². The van der Waals surface area contributed by atoms with E-state index in [1.54, 1.807) is 12.4 Å². The Hall–Kier alpha value is -2.42. The molecule has 0 amide bonds. The van der Waals surface area contributed by atoms with E-state index in [-0.39, 0.29) is 0 Å². The van der Waals surface area contributed by atoms with Gasteiger partial charge < -0.3 is 5.32 Å². The van der Waals surface area contributed by atoms with Crippen LogP contribution in [0.4, 0.5) is 5.69 Å². The lowest BCUT2D eigenvalue weighted by Gasteiger charge is -2.07. The molecule has 3 aromatic rings. The van der Waals surface area contributed by atoms with Gasteiger partial charge >= 0.3 is 0 Å². The van der Waals surface area contributed by atoms with Crippen molar-refractivity contribution >= 4 is 16.7 Å². The van der Waals surface area contributed by atoms with Gasteiger partial charge in [0.2, 0.25) is 0 Å². The van der Waals surface area contributed by atoms with Crippen molar-refractivity contribution in [2.24, 2.45) is 0 Å². The van der Waals surface area contributed by atoms with Crippen molar-refractivity contribution < 1.29 is 0 Å². The largest absolute Gasteiger partial charge is 0.381 e. The zero-order valence-electron chi connectivity index (χ0n) is 10.8. The van der Waals surface area contributed by atoms with Gasteiger partial charge in [0.05, 0.1) is 11.0 Å². The summed E-state index contributed by atoms with van der Waals surface area (Å²) in [6.07, 6.45) is 3.42. The van der Waals surface area contributed by atoms with E-state index in [1.165, 1.54) is 11.1 Å². The fourth-order valence-electron chi connectivity index (χ4n) is 1.98. The normalized spacial score (nSPS) is 10.6. The fraction of sp³-hybridized carbons (Fsp3) is 0.125. The van der Waals surface area contributed by atoms with Crippen LogP contribution in [0, 0.1) is 6.92 Å². The second-order valence-corrected chi connectivity index (χ2v) is 4.60. The Kier molecular flexibility index (Phi) is 3.11. The summed E-state index contributed by atoms with van der Waals surface area (Å²) in [7, 11) is 0. The van der Waals surface area contributed by atoms with Crippen molar-refractivity contribution in [3.8, 4) is 0 Å². The van der Waals surface area contributed by atoms with E-state index in [0.29, 0.717) is 0 Å². The van der Waals surface area contributed by atoms with Gasteiger partial charge in [-0.15, -0.1) is 0 Å². The number of anilines is 1. The smallest absolute Gasteiger partial charge is 0.0907 e. The lowest BCUT2D eigenvalue weighted by molar-refractivity contribution is 1.14. The number of rotatable bonds is 3. The maximum absolute atomic E-state index is 4.31. The lowest BCUT2D eigenvalue weighted by Crippen LogP contribution is -1.99. The highest BCUT2D eigenvalue weighted by Gasteiger charge is 1.98. The molecule has 1 aromatic heterocycles. The molecule has 1 N–H and O–H groups in total. The van der Waals surface area contributed by atoms with Gasteiger partial charge in [0.15, 0.2) is 0 Å². The summed E-state index contributed by atoms with van der Waals surface area (Å²) in [6, 6.07) is 14.6. The molecule has 3 heteroatoms. The molecule has 3 rings (SSSR count). The Bertz CT molecular complexity index is 690. The maximum atomic E-state index is 4.31. The monoisotopic (exact) mass is 249 g/mol. The van der Waals surface area contributed by atoms with Crippen LogP contribution in [0.3, 0.4) is 0 Å². The van der Waals surface area contributed by atoms with Gasteiger partial charge in [-0.2, -0.15) is 0 Å². The number of nitrogens with one attached hydrogen (secondary N) is 1. The molecule has 0 spiro atoms. The average Bonchev–Trinajstić information content (AvgIpc) is 2.46. The Morgan fingerprint density at radius 3 is 2.42 bits per heavy atom. The van der Waals surface area contributed by atoms with Gasteiger partial charge in [0.1, 0.15) is 0 Å². The van der Waals surface area contributed by atoms with E-state index in [4.69, 9.17) is 0 Å². The van der Waals surface area contributed by atoms with E-state index in [0.717, 1.165) is 23.3 Å². The van der Waals surface area contributed by atoms with E-state index in [1.807, 2.05) is 18.2 Å². The highest BCUT2D eigenvalue weighted by Crippen LogP contribution is 2.16. The molecule has 1 heterocycles. The highest BCUT2D eigenvalue weighted by atomic mass is 14.9. The molecule has 94 valence electrons. The molecule has 0 bridgehead atoms. The Balaban J connectivity index is 1.76. The third kappa shape index (κ3) is 2.71. The van der Waals surface area contributed by atoms with E-state index in [2.05, 4.69) is 46.5 Å². The number of hydrogen-bond donors (Lipinski definition) is 1. The van der Waals surface area contributed by atoms with Crippen LogP contribution in [-0.4, -0.2) is 9.97 Å². The highest BCUT2D eigenvalue weighted by molar-refractivity contribution is 5.78. The lowest BCUT2D eigenvalue weighted by atomic mass is 10.1. The van der Waals surface area contributed by atoms with Crippen molar-refractivity contribution in [3.05, 3.63) is 66.0 Å². The van der Waals surface area contributed by atoms with Crippen LogP contribution in [0.1, 0.15) is 11.1 Å². The molecule has 0 aliphatic carbocycles. The zero-order chi connectivity index (χ0) is 13.1. The second-order valence-electron chi connectivity index (χ2n) is 4.60. The van der Waals surface area contributed by atoms with Crippen LogP contribution < -0.4 is 5.32 Å². The van der Waals surface area contributed by atoms with Crippen LogP contribution in [0.5, 0.6) is 0 Å². The quantitative estimate of drug-likeness (QED) is 0.771. The first kappa shape index (κ1) is 11.7. The summed E-state index contributed by atoms with van der Waals surface area (Å²) >= 11 is 0. The van der Waals surface area contributed by atoms with Crippen LogP contribution in [0.2, 0.25) is 0 Å². The van der Waals surface area contributed by atoms with Gasteiger partial charge in [0, 0.05) is 24.6 Å². The molecule has 0 radical (unpaired) electrons. The molecule has 0 saturated carbocycles. The summed E-state index contributed by atoms with van der Waals surface area (Å²) in [5.74, 6) is 0. The molecular weight excluding hydrogens is 234 g/mol. The fourth-order valence-corrected chi connectivity index (χ4v) is 1.98. The van der Waals surface area contributed by atoms with Gasteiger partial charge in [-0.3, -0.25) is 9.97 Å². The molecule has 0 aliphatic heterocycles. The summed E-state index contributed by atoms with van der Waals surface area (Å²) in [4.78, 5) is 8.57. The van der Waals surface area contributed by atoms with Gasteiger partial charge in [0.25, 0.3) is 0 Å². The summed E-state index contributed by atoms with van der Waals surface area (Å²) in [5.41, 5.74) is 5.45. The molecule has 2 aromatic carbocycles. The molecule has 0 aliphatic rings. The third-order valence-electron chi connectivity index (χ3n) is 3.09. The molecule has 19 heavy (non-hydrogen) atoms. The Morgan fingerprint density at radius 2 is 1.63 bits per heavy atom. The second kappa shape index (κ2) is 5.06. The molecule has 0 unspecified atom stereocenters. The van der Waals surface area contributed by atoms with Crippen molar-refractivity contribution in [2.45, 2.75) is 13.5 Å². The molecule has 0 fully saturated rings. The first-order valence-corrected chi connectivity index (χ1v) is 6.31. The van der Waals surface area contributed by atoms with Crippen LogP contribution in [-0.2, 0) is 6.54 Å². The number of nitrogens with zero attached hydrogens (tertiary/aromatic N) is 2. The summed E-state index contributed by atoms with van der Waals surface area (Å²) in [5, 5.41) is 3.40. The SMILES string of the molecule is Cc1ccc(CNc2ccc3nccnc3c2)cc1. The van der Waals surface area contributed by atoms with Crippen molar-refractivity contribution in [1.29, 1.82) is 0 Å². The minimum absolute atomic E-state index is 0.812. The van der Waals surface area contributed by atoms with E-state index in [9.17, 15) is 0 Å². The summed E-state index contributed by atoms with van der Waals surface area (Å²) < 4.78 is 0. The predicted octanol–water partition coefficient (Wildman–Crippen LogP) is 3.55. The van der Waals surface area contributed by atoms with Crippen LogP contribution in [0.25, 0.3) is 11.0 Å². The molecule has 3 nitrogen and oxygen atoms in total. The Morgan fingerprint density at radius 1 is 0.895 bits per heavy atom. The van der Waals surface area contributed by atoms with Crippen LogP contribution >= 0.6 is 0 Å². The average molecular weight is 249 g/mol. The number of aromatic nitrogens is 2. The van der Waals surface area contributed by atoms with Crippen molar-refractivity contribution in [2.75, 3.05) is 5.32 Å². The van der Waals surface area contributed by atoms with Crippen LogP contribution in [0.15, 0.2) is 54.9 Å². The first-order chi connectivity index (χ1) is 9.31. The number of benzene rings is 2. The van der Waals surface area contributed by atoms with Gasteiger partial charge in [-0.1, -0.05) is 29.8 Å². The minimum atomic E-state index is 0.812. The molecule has 0 atom stereocenters. The number of hydrogen-bond acceptors (Lipinski definition) is 3. The maximum Gasteiger partial charge on any atom is 0.0907 e. The van der Waals surface area contributed by atoms with E-state index < -0.39 is 0 Å². The predicted molar refractivity (Wildman–Crippen MR) is 78.0 cm³/mol. The third-order valence-corrected chi connectivity index (χ3v) is 3.09. The van der Waals surface area contributed by atoms with Gasteiger partial charge in [-0.25, -0.2) is 0 Å². The standard InChI is InChI=1S/C16H15N3/c1-12-2-4-13(5-3-12)11-19-14-6-7-15-16(10-14)18-9-8-17-15/h2-10,19H,11H2,1H3. The van der Waals surface area contributed by atoms with Crippen molar-refractivity contribution in [1.82, 2.24) is 9.97 Å². The molecular formula is C16H15N3. The van der Waals surface area contributed by atoms with Gasteiger partial charge in [-0.05, 0) is 30.7 Å². The van der Waals surface area contributed by atoms with E-state index >= 15 is 0 Å². The minimum Gasteiger partial charge on any atom is -0.381 e. The summed E-state index contributed by atoms with van der Waals surface area (Å²) in [6.45, 7) is 2.91. The number of fused-ring (bicyclic) bond motifs is 1. The molecule has 0 saturated heterocycles. The zero-order valence-corrected chi connectivity index (χ0v) is 10.8.